The molecule has 0 amide bonds. The molecule has 0 saturated heterocycles. The minimum Gasteiger partial charge on any atom is -0.468 e. The standard InChI is InChI=1S/C33H67NO3.C17H34O2/c1-4-7-10-13-14-18-25-32(24-17-11-8-5-2)31-37-33(36)26-19-15-16-21-28-34(29-22-23-30-35)27-20-12-9-6-3;1-3-5-7-9-10-12-14-17(15-19-16-18)13-11-8-6-4-2/h32,35H,4-31H2,1-3H3;16-17H,3-15H2,1-2H3. The van der Waals surface area contributed by atoms with Crippen LogP contribution in [0.5, 0.6) is 0 Å². The number of unbranched alkanes of at least 4 members (excludes halogenated alkanes) is 23. The minimum absolute atomic E-state index is 0.0167. The van der Waals surface area contributed by atoms with Crippen LogP contribution in [-0.4, -0.2) is 61.9 Å². The number of esters is 1. The molecule has 0 rings (SSSR count). The van der Waals surface area contributed by atoms with E-state index in [2.05, 4.69) is 39.5 Å². The summed E-state index contributed by atoms with van der Waals surface area (Å²) in [6.07, 6.45) is 43.7. The average Bonchev–Trinajstić information content (AvgIpc) is 3.21. The SMILES string of the molecule is CCCCCCCCC(CCCCCC)COC(=O)CCCCCCN(CCCCO)CCCCCC.CCCCCCCCC(CCCCCC)COC=O. The Hall–Kier alpha value is -1.14. The summed E-state index contributed by atoms with van der Waals surface area (Å²) in [4.78, 5) is 25.3. The molecule has 0 aliphatic carbocycles. The Morgan fingerprint density at radius 3 is 1.23 bits per heavy atom. The van der Waals surface area contributed by atoms with E-state index >= 15 is 0 Å². The zero-order valence-corrected chi connectivity index (χ0v) is 38.8. The summed E-state index contributed by atoms with van der Waals surface area (Å²) in [6, 6.07) is 0. The number of ether oxygens (including phenoxy) is 2. The number of rotatable bonds is 45. The van der Waals surface area contributed by atoms with Crippen LogP contribution in [0.25, 0.3) is 0 Å². The van der Waals surface area contributed by atoms with Crippen LogP contribution < -0.4 is 0 Å². The van der Waals surface area contributed by atoms with Crippen LogP contribution in [-0.2, 0) is 19.1 Å². The molecule has 2 atom stereocenters. The maximum Gasteiger partial charge on any atom is 0.305 e. The summed E-state index contributed by atoms with van der Waals surface area (Å²) in [6.45, 7) is 16.9. The molecule has 6 nitrogen and oxygen atoms in total. The summed E-state index contributed by atoms with van der Waals surface area (Å²) < 4.78 is 10.7. The van der Waals surface area contributed by atoms with Crippen LogP contribution in [0.15, 0.2) is 0 Å². The summed E-state index contributed by atoms with van der Waals surface area (Å²) >= 11 is 0. The summed E-state index contributed by atoms with van der Waals surface area (Å²) in [5.74, 6) is 1.16. The minimum atomic E-state index is 0.0167. The normalized spacial score (nSPS) is 12.3. The van der Waals surface area contributed by atoms with E-state index in [0.717, 1.165) is 38.8 Å². The Bertz CT molecular complexity index is 749. The topological polar surface area (TPSA) is 76.1 Å². The van der Waals surface area contributed by atoms with Gasteiger partial charge in [0.25, 0.3) is 6.47 Å². The predicted octanol–water partition coefficient (Wildman–Crippen LogP) is 15.0. The van der Waals surface area contributed by atoms with Crippen molar-refractivity contribution >= 4 is 12.4 Å². The van der Waals surface area contributed by atoms with Gasteiger partial charge in [-0.3, -0.25) is 9.59 Å². The molecular weight excluding hydrogens is 695 g/mol. The van der Waals surface area contributed by atoms with Gasteiger partial charge in [-0.2, -0.15) is 0 Å². The molecule has 6 heteroatoms. The van der Waals surface area contributed by atoms with Crippen LogP contribution in [0.2, 0.25) is 0 Å². The molecule has 0 aliphatic rings. The van der Waals surface area contributed by atoms with Gasteiger partial charge in [-0.05, 0) is 89.3 Å². The lowest BCUT2D eigenvalue weighted by atomic mass is 9.95. The van der Waals surface area contributed by atoms with Crippen molar-refractivity contribution < 1.29 is 24.2 Å². The van der Waals surface area contributed by atoms with Crippen molar-refractivity contribution in [3.8, 4) is 0 Å². The second kappa shape index (κ2) is 50.0. The van der Waals surface area contributed by atoms with Gasteiger partial charge in [0.2, 0.25) is 0 Å². The zero-order chi connectivity index (χ0) is 41.4. The van der Waals surface area contributed by atoms with E-state index in [1.54, 1.807) is 0 Å². The lowest BCUT2D eigenvalue weighted by Crippen LogP contribution is -2.27. The van der Waals surface area contributed by atoms with Gasteiger partial charge < -0.3 is 19.5 Å². The van der Waals surface area contributed by atoms with Crippen molar-refractivity contribution in [2.75, 3.05) is 39.5 Å². The van der Waals surface area contributed by atoms with E-state index in [1.807, 2.05) is 0 Å². The van der Waals surface area contributed by atoms with Crippen LogP contribution in [0.1, 0.15) is 259 Å². The maximum atomic E-state index is 12.4. The molecule has 0 saturated carbocycles. The highest BCUT2D eigenvalue weighted by Crippen LogP contribution is 2.21. The van der Waals surface area contributed by atoms with Gasteiger partial charge in [0.1, 0.15) is 0 Å². The van der Waals surface area contributed by atoms with Crippen molar-refractivity contribution in [1.82, 2.24) is 4.90 Å². The molecule has 0 heterocycles. The van der Waals surface area contributed by atoms with Crippen LogP contribution >= 0.6 is 0 Å². The molecule has 336 valence electrons. The van der Waals surface area contributed by atoms with E-state index in [4.69, 9.17) is 14.6 Å². The van der Waals surface area contributed by atoms with Gasteiger partial charge in [-0.15, -0.1) is 0 Å². The number of aliphatic hydroxyl groups is 1. The van der Waals surface area contributed by atoms with Crippen LogP contribution in [0.4, 0.5) is 0 Å². The van der Waals surface area contributed by atoms with E-state index < -0.39 is 0 Å². The van der Waals surface area contributed by atoms with Gasteiger partial charge in [0.05, 0.1) is 13.2 Å². The summed E-state index contributed by atoms with van der Waals surface area (Å²) in [7, 11) is 0. The first kappa shape index (κ1) is 57.0. The lowest BCUT2D eigenvalue weighted by Gasteiger charge is -2.22. The van der Waals surface area contributed by atoms with Gasteiger partial charge in [0, 0.05) is 13.0 Å². The second-order valence-corrected chi connectivity index (χ2v) is 17.2. The second-order valence-electron chi connectivity index (χ2n) is 17.2. The monoisotopic (exact) mass is 796 g/mol. The highest BCUT2D eigenvalue weighted by molar-refractivity contribution is 5.69. The molecule has 0 radical (unpaired) electrons. The van der Waals surface area contributed by atoms with Gasteiger partial charge >= 0.3 is 5.97 Å². The Morgan fingerprint density at radius 1 is 0.464 bits per heavy atom. The third-order valence-electron chi connectivity index (χ3n) is 11.6. The Morgan fingerprint density at radius 2 is 0.804 bits per heavy atom. The van der Waals surface area contributed by atoms with E-state index in [0.29, 0.717) is 44.5 Å². The number of aliphatic hydroxyl groups excluding tert-OH is 1. The lowest BCUT2D eigenvalue weighted by molar-refractivity contribution is -0.145. The zero-order valence-electron chi connectivity index (χ0n) is 38.8. The third-order valence-corrected chi connectivity index (χ3v) is 11.6. The van der Waals surface area contributed by atoms with Crippen LogP contribution in [0.3, 0.4) is 0 Å². The van der Waals surface area contributed by atoms with E-state index in [-0.39, 0.29) is 5.97 Å². The van der Waals surface area contributed by atoms with Crippen molar-refractivity contribution in [1.29, 1.82) is 0 Å². The molecule has 0 aromatic rings. The first-order chi connectivity index (χ1) is 27.5. The van der Waals surface area contributed by atoms with Crippen molar-refractivity contribution in [2.24, 2.45) is 11.8 Å². The first-order valence-electron chi connectivity index (χ1n) is 25.1. The number of nitrogens with zero attached hydrogens (tertiary/aromatic N) is 1. The van der Waals surface area contributed by atoms with Crippen molar-refractivity contribution in [3.05, 3.63) is 0 Å². The molecule has 0 aliphatic heterocycles. The molecule has 0 spiro atoms. The molecule has 2 unspecified atom stereocenters. The molecule has 0 aromatic heterocycles. The predicted molar refractivity (Wildman–Crippen MR) is 243 cm³/mol. The fraction of sp³-hybridized carbons (Fsp3) is 0.960. The molecule has 0 bridgehead atoms. The fourth-order valence-electron chi connectivity index (χ4n) is 7.73. The molecule has 0 fully saturated rings. The maximum absolute atomic E-state index is 12.4. The van der Waals surface area contributed by atoms with Gasteiger partial charge in [-0.25, -0.2) is 0 Å². The molecule has 0 aromatic carbocycles. The smallest absolute Gasteiger partial charge is 0.305 e. The van der Waals surface area contributed by atoms with Gasteiger partial charge in [-0.1, -0.05) is 195 Å². The highest BCUT2D eigenvalue weighted by atomic mass is 16.5. The largest absolute Gasteiger partial charge is 0.468 e. The Labute approximate surface area is 351 Å². The molecular formula is C50H101NO5. The fourth-order valence-corrected chi connectivity index (χ4v) is 7.73. The summed E-state index contributed by atoms with van der Waals surface area (Å²) in [5, 5.41) is 9.09. The molecule has 1 N–H and O–H groups in total. The van der Waals surface area contributed by atoms with Gasteiger partial charge in [0.15, 0.2) is 0 Å². The Balaban J connectivity index is 0. The van der Waals surface area contributed by atoms with E-state index in [9.17, 15) is 9.59 Å². The molecule has 56 heavy (non-hydrogen) atoms. The number of hydrogen-bond acceptors (Lipinski definition) is 6. The van der Waals surface area contributed by atoms with Crippen molar-refractivity contribution in [3.63, 3.8) is 0 Å². The highest BCUT2D eigenvalue weighted by Gasteiger charge is 2.13. The van der Waals surface area contributed by atoms with Crippen molar-refractivity contribution in [2.45, 2.75) is 259 Å². The first-order valence-corrected chi connectivity index (χ1v) is 25.1. The Kier molecular flexibility index (Phi) is 50.9. The number of carbonyl (C=O) groups is 2. The number of hydrogen-bond donors (Lipinski definition) is 1. The van der Waals surface area contributed by atoms with Crippen LogP contribution in [0, 0.1) is 11.8 Å². The van der Waals surface area contributed by atoms with E-state index in [1.165, 1.54) is 199 Å². The quantitative estimate of drug-likeness (QED) is 0.0376. The number of carbonyl (C=O) groups excluding carboxylic acids is 2. The average molecular weight is 796 g/mol. The summed E-state index contributed by atoms with van der Waals surface area (Å²) in [5.41, 5.74) is 0. The third kappa shape index (κ3) is 45.6.